The van der Waals surface area contributed by atoms with Gasteiger partial charge < -0.3 is 19.3 Å². The predicted molar refractivity (Wildman–Crippen MR) is 85.3 cm³/mol. The fourth-order valence-corrected chi connectivity index (χ4v) is 4.23. The molecule has 2 fully saturated rings. The fourth-order valence-electron chi connectivity index (χ4n) is 3.33. The molecule has 6 nitrogen and oxygen atoms in total. The summed E-state index contributed by atoms with van der Waals surface area (Å²) in [6.07, 6.45) is 1.92. The molecule has 0 aliphatic carbocycles. The quantitative estimate of drug-likeness (QED) is 0.840. The predicted octanol–water partition coefficient (Wildman–Crippen LogP) is 1.61. The Balaban J connectivity index is 1.50. The second-order valence-electron chi connectivity index (χ2n) is 5.93. The van der Waals surface area contributed by atoms with Crippen LogP contribution >= 0.6 is 11.8 Å². The van der Waals surface area contributed by atoms with Gasteiger partial charge >= 0.3 is 0 Å². The highest BCUT2D eigenvalue weighted by Crippen LogP contribution is 2.39. The highest BCUT2D eigenvalue weighted by atomic mass is 32.2. The van der Waals surface area contributed by atoms with E-state index in [1.807, 2.05) is 23.1 Å². The van der Waals surface area contributed by atoms with Gasteiger partial charge in [-0.15, -0.1) is 11.8 Å². The van der Waals surface area contributed by atoms with Crippen LogP contribution in [0.25, 0.3) is 0 Å². The van der Waals surface area contributed by atoms with Crippen molar-refractivity contribution >= 4 is 23.6 Å². The molecule has 1 aromatic rings. The summed E-state index contributed by atoms with van der Waals surface area (Å²) < 4.78 is 10.8. The minimum absolute atomic E-state index is 0.0287. The molecule has 7 heteroatoms. The normalized spacial score (nSPS) is 23.0. The van der Waals surface area contributed by atoms with Gasteiger partial charge in [-0.3, -0.25) is 9.59 Å². The van der Waals surface area contributed by atoms with E-state index in [1.54, 1.807) is 16.7 Å². The highest BCUT2D eigenvalue weighted by Gasteiger charge is 2.33. The Kier molecular flexibility index (Phi) is 3.80. The summed E-state index contributed by atoms with van der Waals surface area (Å²) in [6, 6.07) is 5.93. The van der Waals surface area contributed by atoms with Gasteiger partial charge in [-0.1, -0.05) is 6.07 Å². The van der Waals surface area contributed by atoms with Crippen LogP contribution in [0.15, 0.2) is 18.2 Å². The molecule has 122 valence electrons. The summed E-state index contributed by atoms with van der Waals surface area (Å²) >= 11 is 1.56. The zero-order valence-corrected chi connectivity index (χ0v) is 13.5. The van der Waals surface area contributed by atoms with Crippen LogP contribution in [0, 0.1) is 0 Å². The van der Waals surface area contributed by atoms with Gasteiger partial charge in [0, 0.05) is 6.54 Å². The second-order valence-corrected chi connectivity index (χ2v) is 6.88. The lowest BCUT2D eigenvalue weighted by Crippen LogP contribution is -2.40. The Hall–Kier alpha value is -1.89. The number of amides is 2. The molecule has 3 aliphatic rings. The number of carbonyl (C=O) groups is 2. The summed E-state index contributed by atoms with van der Waals surface area (Å²) in [4.78, 5) is 27.9. The standard InChI is InChI=1S/C16H18N2O4S/c19-15(7-17-9-23-8-16(17)20)18-5-1-2-12(18)11-3-4-13-14(6-11)22-10-21-13/h3-4,6,12H,1-2,5,7-10H2. The van der Waals surface area contributed by atoms with Crippen LogP contribution in [-0.2, 0) is 9.59 Å². The molecule has 3 aliphatic heterocycles. The second kappa shape index (κ2) is 5.96. The van der Waals surface area contributed by atoms with E-state index in [1.165, 1.54) is 0 Å². The van der Waals surface area contributed by atoms with Crippen LogP contribution in [0.5, 0.6) is 11.5 Å². The number of rotatable bonds is 3. The molecule has 1 atom stereocenters. The number of hydrogen-bond donors (Lipinski definition) is 0. The van der Waals surface area contributed by atoms with E-state index in [4.69, 9.17) is 9.47 Å². The van der Waals surface area contributed by atoms with Crippen LogP contribution in [0.2, 0.25) is 0 Å². The first-order valence-electron chi connectivity index (χ1n) is 7.77. The molecule has 0 saturated carbocycles. The van der Waals surface area contributed by atoms with Gasteiger partial charge in [-0.05, 0) is 30.5 Å². The molecule has 0 N–H and O–H groups in total. The Morgan fingerprint density at radius 2 is 2.17 bits per heavy atom. The van der Waals surface area contributed by atoms with E-state index in [2.05, 4.69) is 0 Å². The van der Waals surface area contributed by atoms with E-state index in [0.29, 0.717) is 11.6 Å². The topological polar surface area (TPSA) is 59.1 Å². The molecule has 0 radical (unpaired) electrons. The van der Waals surface area contributed by atoms with Crippen LogP contribution in [-0.4, -0.2) is 53.1 Å². The van der Waals surface area contributed by atoms with E-state index in [0.717, 1.165) is 36.4 Å². The third kappa shape index (κ3) is 2.73. The first-order chi connectivity index (χ1) is 11.2. The Bertz CT molecular complexity index is 651. The fraction of sp³-hybridized carbons (Fsp3) is 0.500. The Morgan fingerprint density at radius 3 is 3.00 bits per heavy atom. The summed E-state index contributed by atoms with van der Waals surface area (Å²) in [7, 11) is 0. The number of fused-ring (bicyclic) bond motifs is 1. The molecule has 1 unspecified atom stereocenters. The monoisotopic (exact) mass is 334 g/mol. The Labute approximate surface area is 138 Å². The molecule has 3 heterocycles. The maximum atomic E-state index is 12.6. The molecule has 0 aromatic heterocycles. The number of ether oxygens (including phenoxy) is 2. The number of hydrogen-bond acceptors (Lipinski definition) is 5. The molecule has 0 spiro atoms. The SMILES string of the molecule is O=C1CSCN1CC(=O)N1CCCC1c1ccc2c(c1)OCO2. The van der Waals surface area contributed by atoms with Gasteiger partial charge in [-0.2, -0.15) is 0 Å². The van der Waals surface area contributed by atoms with Gasteiger partial charge in [0.2, 0.25) is 18.6 Å². The molecule has 4 rings (SSSR count). The van der Waals surface area contributed by atoms with Crippen molar-refractivity contribution in [2.75, 3.05) is 31.5 Å². The highest BCUT2D eigenvalue weighted by molar-refractivity contribution is 8.00. The molecular formula is C16H18N2O4S. The number of thioether (sulfide) groups is 1. The van der Waals surface area contributed by atoms with Crippen molar-refractivity contribution in [3.05, 3.63) is 23.8 Å². The number of likely N-dealkylation sites (tertiary alicyclic amines) is 1. The largest absolute Gasteiger partial charge is 0.454 e. The van der Waals surface area contributed by atoms with Crippen molar-refractivity contribution in [3.63, 3.8) is 0 Å². The van der Waals surface area contributed by atoms with E-state index in [9.17, 15) is 9.59 Å². The van der Waals surface area contributed by atoms with Crippen LogP contribution in [0.3, 0.4) is 0 Å². The van der Waals surface area contributed by atoms with Crippen LogP contribution < -0.4 is 9.47 Å². The van der Waals surface area contributed by atoms with Gasteiger partial charge in [0.25, 0.3) is 0 Å². The van der Waals surface area contributed by atoms with Crippen LogP contribution in [0.4, 0.5) is 0 Å². The zero-order chi connectivity index (χ0) is 15.8. The summed E-state index contributed by atoms with van der Waals surface area (Å²) in [6.45, 7) is 1.18. The van der Waals surface area contributed by atoms with Crippen LogP contribution in [0.1, 0.15) is 24.4 Å². The summed E-state index contributed by atoms with van der Waals surface area (Å²) in [5.74, 6) is 2.69. The minimum atomic E-state index is 0.0287. The van der Waals surface area contributed by atoms with Crippen molar-refractivity contribution in [2.24, 2.45) is 0 Å². The van der Waals surface area contributed by atoms with Crippen molar-refractivity contribution in [1.82, 2.24) is 9.80 Å². The Morgan fingerprint density at radius 1 is 1.30 bits per heavy atom. The number of carbonyl (C=O) groups excluding carboxylic acids is 2. The van der Waals surface area contributed by atoms with E-state index >= 15 is 0 Å². The van der Waals surface area contributed by atoms with Crippen molar-refractivity contribution in [3.8, 4) is 11.5 Å². The number of benzene rings is 1. The molecule has 23 heavy (non-hydrogen) atoms. The molecule has 0 bridgehead atoms. The van der Waals surface area contributed by atoms with Gasteiger partial charge in [0.05, 0.1) is 17.7 Å². The van der Waals surface area contributed by atoms with Gasteiger partial charge in [-0.25, -0.2) is 0 Å². The third-order valence-corrected chi connectivity index (χ3v) is 5.45. The lowest BCUT2D eigenvalue weighted by Gasteiger charge is -2.27. The van der Waals surface area contributed by atoms with Crippen molar-refractivity contribution in [2.45, 2.75) is 18.9 Å². The smallest absolute Gasteiger partial charge is 0.242 e. The van der Waals surface area contributed by atoms with E-state index in [-0.39, 0.29) is 31.2 Å². The minimum Gasteiger partial charge on any atom is -0.454 e. The van der Waals surface area contributed by atoms with Gasteiger partial charge in [0.1, 0.15) is 6.54 Å². The maximum absolute atomic E-state index is 12.6. The van der Waals surface area contributed by atoms with Crippen molar-refractivity contribution in [1.29, 1.82) is 0 Å². The first kappa shape index (κ1) is 14.7. The number of nitrogens with zero attached hydrogens (tertiary/aromatic N) is 2. The van der Waals surface area contributed by atoms with Crippen molar-refractivity contribution < 1.29 is 19.1 Å². The van der Waals surface area contributed by atoms with Gasteiger partial charge in [0.15, 0.2) is 11.5 Å². The maximum Gasteiger partial charge on any atom is 0.242 e. The first-order valence-corrected chi connectivity index (χ1v) is 8.92. The molecular weight excluding hydrogens is 316 g/mol. The average Bonchev–Trinajstić information content (AvgIpc) is 3.27. The lowest BCUT2D eigenvalue weighted by atomic mass is 10.0. The summed E-state index contributed by atoms with van der Waals surface area (Å²) in [5.41, 5.74) is 1.07. The van der Waals surface area contributed by atoms with E-state index < -0.39 is 0 Å². The molecule has 1 aromatic carbocycles. The summed E-state index contributed by atoms with van der Waals surface area (Å²) in [5, 5.41) is 0. The molecule has 2 amide bonds. The third-order valence-electron chi connectivity index (χ3n) is 4.51. The lowest BCUT2D eigenvalue weighted by molar-refractivity contribution is -0.138. The molecule has 2 saturated heterocycles. The zero-order valence-electron chi connectivity index (χ0n) is 12.7. The average molecular weight is 334 g/mol.